The van der Waals surface area contributed by atoms with Crippen LogP contribution < -0.4 is 5.32 Å². The summed E-state index contributed by atoms with van der Waals surface area (Å²) in [5.74, 6) is 0.559. The third kappa shape index (κ3) is 4.09. The zero-order valence-electron chi connectivity index (χ0n) is 16.3. The molecule has 0 saturated carbocycles. The molecule has 7 nitrogen and oxygen atoms in total. The normalized spacial score (nSPS) is 13.3. The lowest BCUT2D eigenvalue weighted by Crippen LogP contribution is -2.25. The van der Waals surface area contributed by atoms with Crippen LogP contribution in [0.5, 0.6) is 0 Å². The largest absolute Gasteiger partial charge is 0.310 e. The van der Waals surface area contributed by atoms with Crippen molar-refractivity contribution in [1.29, 1.82) is 0 Å². The SMILES string of the molecule is CC[C@H](C)n1nccc1NC(=O)[C@H](C)Sc1nnc(-c2ccccc2F)n1C. The van der Waals surface area contributed by atoms with Crippen molar-refractivity contribution in [2.24, 2.45) is 7.05 Å². The van der Waals surface area contributed by atoms with E-state index in [2.05, 4.69) is 27.5 Å². The first-order valence-electron chi connectivity index (χ1n) is 9.07. The molecule has 0 bridgehead atoms. The molecule has 3 rings (SSSR count). The van der Waals surface area contributed by atoms with E-state index in [-0.39, 0.29) is 17.8 Å². The van der Waals surface area contributed by atoms with Gasteiger partial charge in [0, 0.05) is 13.1 Å². The van der Waals surface area contributed by atoms with E-state index >= 15 is 0 Å². The monoisotopic (exact) mass is 402 g/mol. The molecule has 1 N–H and O–H groups in total. The molecule has 0 aliphatic carbocycles. The van der Waals surface area contributed by atoms with Crippen LogP contribution in [0, 0.1) is 5.82 Å². The molecule has 0 spiro atoms. The minimum absolute atomic E-state index is 0.162. The van der Waals surface area contributed by atoms with Gasteiger partial charge >= 0.3 is 0 Å². The van der Waals surface area contributed by atoms with Crippen molar-refractivity contribution in [2.45, 2.75) is 43.6 Å². The van der Waals surface area contributed by atoms with E-state index in [1.165, 1.54) is 17.8 Å². The standard InChI is InChI=1S/C19H23FN6OS/c1-5-12(2)26-16(10-11-21-26)22-18(27)13(3)28-19-24-23-17(25(19)4)14-8-6-7-9-15(14)20/h6-13H,5H2,1-4H3,(H,22,27)/t12-,13-/m0/s1. The molecule has 2 heterocycles. The van der Waals surface area contributed by atoms with Crippen molar-refractivity contribution in [3.8, 4) is 11.4 Å². The van der Waals surface area contributed by atoms with Gasteiger partial charge in [0.1, 0.15) is 11.6 Å². The summed E-state index contributed by atoms with van der Waals surface area (Å²) in [6.07, 6.45) is 2.58. The molecule has 0 fully saturated rings. The molecule has 0 saturated heterocycles. The van der Waals surface area contributed by atoms with Gasteiger partial charge in [-0.05, 0) is 32.4 Å². The van der Waals surface area contributed by atoms with Gasteiger partial charge in [0.05, 0.1) is 23.1 Å². The number of carbonyl (C=O) groups excluding carboxylic acids is 1. The lowest BCUT2D eigenvalue weighted by atomic mass is 10.2. The number of amides is 1. The Labute approximate surface area is 167 Å². The summed E-state index contributed by atoms with van der Waals surface area (Å²) in [5, 5.41) is 15.5. The minimum Gasteiger partial charge on any atom is -0.310 e. The maximum absolute atomic E-state index is 14.0. The van der Waals surface area contributed by atoms with Gasteiger partial charge in [0.15, 0.2) is 11.0 Å². The van der Waals surface area contributed by atoms with Crippen molar-refractivity contribution in [2.75, 3.05) is 5.32 Å². The number of halogens is 1. The molecule has 0 radical (unpaired) electrons. The summed E-state index contributed by atoms with van der Waals surface area (Å²) in [6, 6.07) is 8.38. The second-order valence-corrected chi connectivity index (χ2v) is 7.82. The summed E-state index contributed by atoms with van der Waals surface area (Å²) >= 11 is 1.27. The van der Waals surface area contributed by atoms with E-state index in [0.717, 1.165) is 6.42 Å². The highest BCUT2D eigenvalue weighted by Crippen LogP contribution is 2.27. The Balaban J connectivity index is 1.72. The number of rotatable bonds is 7. The van der Waals surface area contributed by atoms with Crippen molar-refractivity contribution >= 4 is 23.5 Å². The van der Waals surface area contributed by atoms with Gasteiger partial charge in [0.2, 0.25) is 5.91 Å². The number of nitrogens with one attached hydrogen (secondary N) is 1. The quantitative estimate of drug-likeness (QED) is 0.606. The summed E-state index contributed by atoms with van der Waals surface area (Å²) < 4.78 is 17.5. The summed E-state index contributed by atoms with van der Waals surface area (Å²) in [7, 11) is 1.76. The number of anilines is 1. The molecule has 2 atom stereocenters. The summed E-state index contributed by atoms with van der Waals surface area (Å²) in [4.78, 5) is 12.6. The van der Waals surface area contributed by atoms with E-state index < -0.39 is 5.25 Å². The average molecular weight is 402 g/mol. The van der Waals surface area contributed by atoms with Crippen LogP contribution in [0.3, 0.4) is 0 Å². The molecule has 148 valence electrons. The third-order valence-corrected chi connectivity index (χ3v) is 5.66. The lowest BCUT2D eigenvalue weighted by molar-refractivity contribution is -0.115. The smallest absolute Gasteiger partial charge is 0.238 e. The molecule has 2 aromatic heterocycles. The fourth-order valence-electron chi connectivity index (χ4n) is 2.67. The maximum atomic E-state index is 14.0. The molecule has 9 heteroatoms. The number of hydrogen-bond donors (Lipinski definition) is 1. The molecule has 0 aliphatic rings. The highest BCUT2D eigenvalue weighted by atomic mass is 32.2. The van der Waals surface area contributed by atoms with Crippen LogP contribution in [0.2, 0.25) is 0 Å². The van der Waals surface area contributed by atoms with Crippen LogP contribution >= 0.6 is 11.8 Å². The summed E-state index contributed by atoms with van der Waals surface area (Å²) in [6.45, 7) is 5.91. The lowest BCUT2D eigenvalue weighted by Gasteiger charge is -2.16. The Morgan fingerprint density at radius 3 is 2.71 bits per heavy atom. The van der Waals surface area contributed by atoms with Gasteiger partial charge in [-0.2, -0.15) is 5.10 Å². The molecule has 1 amide bonds. The van der Waals surface area contributed by atoms with Gasteiger partial charge in [-0.3, -0.25) is 4.79 Å². The first kappa shape index (κ1) is 20.1. The molecule has 3 aromatic rings. The Bertz CT molecular complexity index is 969. The third-order valence-electron chi connectivity index (χ3n) is 4.53. The highest BCUT2D eigenvalue weighted by molar-refractivity contribution is 8.00. The number of benzene rings is 1. The van der Waals surface area contributed by atoms with E-state index in [4.69, 9.17) is 0 Å². The van der Waals surface area contributed by atoms with Gasteiger partial charge in [-0.25, -0.2) is 9.07 Å². The van der Waals surface area contributed by atoms with Crippen molar-refractivity contribution < 1.29 is 9.18 Å². The first-order chi connectivity index (χ1) is 13.4. The predicted molar refractivity (Wildman–Crippen MR) is 108 cm³/mol. The molecule has 28 heavy (non-hydrogen) atoms. The molecule has 0 unspecified atom stereocenters. The van der Waals surface area contributed by atoms with E-state index in [9.17, 15) is 9.18 Å². The number of carbonyl (C=O) groups is 1. The van der Waals surface area contributed by atoms with Gasteiger partial charge in [-0.1, -0.05) is 30.8 Å². The van der Waals surface area contributed by atoms with Crippen LogP contribution in [0.1, 0.15) is 33.2 Å². The van der Waals surface area contributed by atoms with Gasteiger partial charge < -0.3 is 9.88 Å². The van der Waals surface area contributed by atoms with Gasteiger partial charge in [-0.15, -0.1) is 10.2 Å². The average Bonchev–Trinajstić information content (AvgIpc) is 3.29. The fourth-order valence-corrected chi connectivity index (χ4v) is 3.49. The van der Waals surface area contributed by atoms with Crippen molar-refractivity contribution in [3.05, 3.63) is 42.3 Å². The zero-order chi connectivity index (χ0) is 20.3. The van der Waals surface area contributed by atoms with Crippen LogP contribution in [-0.4, -0.2) is 35.7 Å². The highest BCUT2D eigenvalue weighted by Gasteiger charge is 2.21. The van der Waals surface area contributed by atoms with Gasteiger partial charge in [0.25, 0.3) is 0 Å². The Kier molecular flexibility index (Phi) is 6.13. The number of nitrogens with zero attached hydrogens (tertiary/aromatic N) is 5. The maximum Gasteiger partial charge on any atom is 0.238 e. The topological polar surface area (TPSA) is 77.6 Å². The van der Waals surface area contributed by atoms with Crippen LogP contribution in [0.4, 0.5) is 10.2 Å². The second-order valence-electron chi connectivity index (χ2n) is 6.51. The second kappa shape index (κ2) is 8.55. The Morgan fingerprint density at radius 1 is 1.25 bits per heavy atom. The molecular weight excluding hydrogens is 379 g/mol. The summed E-state index contributed by atoms with van der Waals surface area (Å²) in [5.41, 5.74) is 0.374. The molecule has 1 aromatic carbocycles. The number of thioether (sulfide) groups is 1. The van der Waals surface area contributed by atoms with E-state index in [1.807, 2.05) is 6.92 Å². The van der Waals surface area contributed by atoms with E-state index in [0.29, 0.717) is 22.4 Å². The zero-order valence-corrected chi connectivity index (χ0v) is 17.1. The molecule has 0 aliphatic heterocycles. The Hall–Kier alpha value is -2.68. The van der Waals surface area contributed by atoms with E-state index in [1.54, 1.807) is 53.7 Å². The van der Waals surface area contributed by atoms with Crippen LogP contribution in [-0.2, 0) is 11.8 Å². The minimum atomic E-state index is -0.420. The fraction of sp³-hybridized carbons (Fsp3) is 0.368. The predicted octanol–water partition coefficient (Wildman–Crippen LogP) is 3.91. The Morgan fingerprint density at radius 2 is 2.00 bits per heavy atom. The van der Waals surface area contributed by atoms with Crippen molar-refractivity contribution in [3.63, 3.8) is 0 Å². The number of hydrogen-bond acceptors (Lipinski definition) is 5. The van der Waals surface area contributed by atoms with Crippen LogP contribution in [0.25, 0.3) is 11.4 Å². The number of aromatic nitrogens is 5. The van der Waals surface area contributed by atoms with Crippen LogP contribution in [0.15, 0.2) is 41.7 Å². The molecular formula is C19H23FN6OS. The van der Waals surface area contributed by atoms with Crippen molar-refractivity contribution in [1.82, 2.24) is 24.5 Å². The first-order valence-corrected chi connectivity index (χ1v) is 9.95.